The second-order valence-electron chi connectivity index (χ2n) is 5.78. The van der Waals surface area contributed by atoms with Crippen molar-refractivity contribution < 1.29 is 4.79 Å². The van der Waals surface area contributed by atoms with Crippen molar-refractivity contribution in [1.29, 1.82) is 0 Å². The van der Waals surface area contributed by atoms with Gasteiger partial charge >= 0.3 is 0 Å². The molecule has 0 aromatic heterocycles. The molecular formula is C20H25BrN4O. The summed E-state index contributed by atoms with van der Waals surface area (Å²) in [7, 11) is 1.76. The number of guanidine groups is 1. The number of carbonyl (C=O) groups is 1. The van der Waals surface area contributed by atoms with Crippen LogP contribution >= 0.6 is 15.9 Å². The summed E-state index contributed by atoms with van der Waals surface area (Å²) in [5.74, 6) is 0.718. The fourth-order valence-corrected chi connectivity index (χ4v) is 2.82. The summed E-state index contributed by atoms with van der Waals surface area (Å²) >= 11 is 3.37. The van der Waals surface area contributed by atoms with Gasteiger partial charge in [0.15, 0.2) is 5.96 Å². The van der Waals surface area contributed by atoms with Crippen molar-refractivity contribution in [1.82, 2.24) is 16.0 Å². The van der Waals surface area contributed by atoms with E-state index in [0.717, 1.165) is 36.4 Å². The highest BCUT2D eigenvalue weighted by Crippen LogP contribution is 2.11. The molecule has 6 heteroatoms. The van der Waals surface area contributed by atoms with Crippen LogP contribution in [0, 0.1) is 0 Å². The first-order valence-corrected chi connectivity index (χ1v) is 9.50. The van der Waals surface area contributed by atoms with Crippen LogP contribution in [0.2, 0.25) is 0 Å². The molecule has 26 heavy (non-hydrogen) atoms. The van der Waals surface area contributed by atoms with E-state index < -0.39 is 0 Å². The Morgan fingerprint density at radius 2 is 1.69 bits per heavy atom. The van der Waals surface area contributed by atoms with E-state index in [9.17, 15) is 4.79 Å². The topological polar surface area (TPSA) is 65.5 Å². The number of nitrogens with zero attached hydrogens (tertiary/aromatic N) is 1. The Kier molecular flexibility index (Phi) is 8.69. The van der Waals surface area contributed by atoms with Gasteiger partial charge < -0.3 is 16.0 Å². The highest BCUT2D eigenvalue weighted by molar-refractivity contribution is 9.10. The molecule has 0 heterocycles. The third-order valence-electron chi connectivity index (χ3n) is 3.79. The molecule has 0 aliphatic rings. The SMILES string of the molecule is CN=C(NCCCNC(=O)c1cccc(Br)c1)NCCc1ccccc1. The first-order valence-electron chi connectivity index (χ1n) is 8.71. The van der Waals surface area contributed by atoms with Gasteiger partial charge in [0.05, 0.1) is 0 Å². The normalized spacial score (nSPS) is 11.1. The molecule has 0 saturated heterocycles. The quantitative estimate of drug-likeness (QED) is 0.352. The van der Waals surface area contributed by atoms with E-state index in [0.29, 0.717) is 12.1 Å². The molecule has 0 atom stereocenters. The highest BCUT2D eigenvalue weighted by atomic mass is 79.9. The van der Waals surface area contributed by atoms with Gasteiger partial charge in [-0.1, -0.05) is 52.3 Å². The van der Waals surface area contributed by atoms with Crippen molar-refractivity contribution in [2.45, 2.75) is 12.8 Å². The Hall–Kier alpha value is -2.34. The van der Waals surface area contributed by atoms with Crippen LogP contribution in [-0.2, 0) is 6.42 Å². The fourth-order valence-electron chi connectivity index (χ4n) is 2.42. The van der Waals surface area contributed by atoms with Gasteiger partial charge in [-0.2, -0.15) is 0 Å². The average molecular weight is 417 g/mol. The number of aliphatic imine (C=N–C) groups is 1. The summed E-state index contributed by atoms with van der Waals surface area (Å²) in [4.78, 5) is 16.2. The van der Waals surface area contributed by atoms with Gasteiger partial charge in [-0.15, -0.1) is 0 Å². The maximum Gasteiger partial charge on any atom is 0.251 e. The summed E-state index contributed by atoms with van der Waals surface area (Å²) in [5.41, 5.74) is 1.96. The van der Waals surface area contributed by atoms with Crippen LogP contribution in [0.5, 0.6) is 0 Å². The number of benzene rings is 2. The minimum Gasteiger partial charge on any atom is -0.356 e. The van der Waals surface area contributed by atoms with Gasteiger partial charge in [0, 0.05) is 36.7 Å². The van der Waals surface area contributed by atoms with Gasteiger partial charge in [0.1, 0.15) is 0 Å². The molecule has 138 valence electrons. The molecule has 3 N–H and O–H groups in total. The number of hydrogen-bond donors (Lipinski definition) is 3. The third kappa shape index (κ3) is 7.27. The van der Waals surface area contributed by atoms with Crippen LogP contribution in [-0.4, -0.2) is 38.5 Å². The summed E-state index contributed by atoms with van der Waals surface area (Å²) in [6, 6.07) is 17.7. The maximum atomic E-state index is 12.0. The van der Waals surface area contributed by atoms with Gasteiger partial charge in [-0.25, -0.2) is 0 Å². The lowest BCUT2D eigenvalue weighted by molar-refractivity contribution is 0.0953. The molecule has 2 aromatic rings. The van der Waals surface area contributed by atoms with E-state index in [4.69, 9.17) is 0 Å². The summed E-state index contributed by atoms with van der Waals surface area (Å²) < 4.78 is 0.900. The molecule has 0 radical (unpaired) electrons. The number of carbonyl (C=O) groups excluding carboxylic acids is 1. The molecule has 2 aromatic carbocycles. The zero-order valence-corrected chi connectivity index (χ0v) is 16.6. The highest BCUT2D eigenvalue weighted by Gasteiger charge is 2.04. The first-order chi connectivity index (χ1) is 12.7. The van der Waals surface area contributed by atoms with E-state index in [-0.39, 0.29) is 5.91 Å². The van der Waals surface area contributed by atoms with E-state index >= 15 is 0 Å². The number of rotatable bonds is 8. The molecule has 0 aliphatic heterocycles. The number of halogens is 1. The van der Waals surface area contributed by atoms with Crippen molar-refractivity contribution in [2.75, 3.05) is 26.7 Å². The molecule has 0 saturated carbocycles. The van der Waals surface area contributed by atoms with E-state index in [2.05, 4.69) is 49.0 Å². The number of amides is 1. The average Bonchev–Trinajstić information content (AvgIpc) is 2.67. The summed E-state index contributed by atoms with van der Waals surface area (Å²) in [6.45, 7) is 2.17. The Morgan fingerprint density at radius 3 is 2.42 bits per heavy atom. The third-order valence-corrected chi connectivity index (χ3v) is 4.28. The minimum atomic E-state index is -0.0586. The van der Waals surface area contributed by atoms with Gasteiger partial charge in [-0.05, 0) is 36.6 Å². The second kappa shape index (κ2) is 11.3. The van der Waals surface area contributed by atoms with E-state index in [1.165, 1.54) is 5.56 Å². The lowest BCUT2D eigenvalue weighted by Gasteiger charge is -2.12. The first kappa shape index (κ1) is 20.0. The van der Waals surface area contributed by atoms with Crippen LogP contribution in [0.4, 0.5) is 0 Å². The maximum absolute atomic E-state index is 12.0. The summed E-state index contributed by atoms with van der Waals surface area (Å²) in [5, 5.41) is 9.48. The van der Waals surface area contributed by atoms with Crippen LogP contribution in [0.1, 0.15) is 22.3 Å². The van der Waals surface area contributed by atoms with Gasteiger partial charge in [0.25, 0.3) is 5.91 Å². The van der Waals surface area contributed by atoms with Crippen molar-refractivity contribution in [3.8, 4) is 0 Å². The van der Waals surface area contributed by atoms with Crippen LogP contribution in [0.3, 0.4) is 0 Å². The fraction of sp³-hybridized carbons (Fsp3) is 0.300. The van der Waals surface area contributed by atoms with E-state index in [1.54, 1.807) is 13.1 Å². The van der Waals surface area contributed by atoms with Crippen molar-refractivity contribution in [3.63, 3.8) is 0 Å². The second-order valence-corrected chi connectivity index (χ2v) is 6.70. The zero-order chi connectivity index (χ0) is 18.6. The molecule has 0 aliphatic carbocycles. The van der Waals surface area contributed by atoms with Gasteiger partial charge in [-0.3, -0.25) is 9.79 Å². The Labute approximate surface area is 163 Å². The standard InChI is InChI=1S/C20H25BrN4O/c1-22-20(25-14-11-16-7-3-2-4-8-16)24-13-6-12-23-19(26)17-9-5-10-18(21)15-17/h2-5,7-10,15H,6,11-14H2,1H3,(H,23,26)(H2,22,24,25). The Bertz CT molecular complexity index is 719. The molecule has 5 nitrogen and oxygen atoms in total. The van der Waals surface area contributed by atoms with Crippen molar-refractivity contribution in [2.24, 2.45) is 4.99 Å². The molecule has 0 spiro atoms. The van der Waals surface area contributed by atoms with E-state index in [1.807, 2.05) is 36.4 Å². The zero-order valence-electron chi connectivity index (χ0n) is 15.0. The molecule has 0 unspecified atom stereocenters. The molecular weight excluding hydrogens is 392 g/mol. The van der Waals surface area contributed by atoms with Crippen LogP contribution in [0.25, 0.3) is 0 Å². The number of nitrogens with one attached hydrogen (secondary N) is 3. The molecule has 2 rings (SSSR count). The smallest absolute Gasteiger partial charge is 0.251 e. The van der Waals surface area contributed by atoms with Crippen LogP contribution < -0.4 is 16.0 Å². The largest absolute Gasteiger partial charge is 0.356 e. The summed E-state index contributed by atoms with van der Waals surface area (Å²) in [6.07, 6.45) is 1.77. The van der Waals surface area contributed by atoms with Gasteiger partial charge in [0.2, 0.25) is 0 Å². The predicted octanol–water partition coefficient (Wildman–Crippen LogP) is 2.98. The molecule has 0 fully saturated rings. The minimum absolute atomic E-state index is 0.0586. The molecule has 1 amide bonds. The molecule has 0 bridgehead atoms. The van der Waals surface area contributed by atoms with Crippen molar-refractivity contribution >= 4 is 27.8 Å². The lowest BCUT2D eigenvalue weighted by atomic mass is 10.1. The van der Waals surface area contributed by atoms with Crippen LogP contribution in [0.15, 0.2) is 64.1 Å². The predicted molar refractivity (Wildman–Crippen MR) is 111 cm³/mol. The Morgan fingerprint density at radius 1 is 0.962 bits per heavy atom. The number of hydrogen-bond acceptors (Lipinski definition) is 2. The monoisotopic (exact) mass is 416 g/mol. The van der Waals surface area contributed by atoms with Crippen molar-refractivity contribution in [3.05, 3.63) is 70.2 Å². The lowest BCUT2D eigenvalue weighted by Crippen LogP contribution is -2.39. The Balaban J connectivity index is 1.59.